The fourth-order valence-electron chi connectivity index (χ4n) is 2.64. The topological polar surface area (TPSA) is 71.2 Å². The molecule has 20 heavy (non-hydrogen) atoms. The molecule has 0 aliphatic heterocycles. The standard InChI is InChI=1S/C15H27N3O2/c1-4-14-17-15(20-18-14)11-5-7-12(8-6-11)16-9-13(19)10(2)3/h10-13,16,19H,4-9H2,1-3H3. The maximum Gasteiger partial charge on any atom is 0.229 e. The highest BCUT2D eigenvalue weighted by molar-refractivity contribution is 4.97. The Morgan fingerprint density at radius 1 is 1.30 bits per heavy atom. The molecule has 114 valence electrons. The van der Waals surface area contributed by atoms with E-state index < -0.39 is 0 Å². The molecule has 1 fully saturated rings. The highest BCUT2D eigenvalue weighted by Gasteiger charge is 2.26. The van der Waals surface area contributed by atoms with Gasteiger partial charge in [0.2, 0.25) is 5.89 Å². The number of nitrogens with one attached hydrogen (secondary N) is 1. The molecule has 2 N–H and O–H groups in total. The summed E-state index contributed by atoms with van der Waals surface area (Å²) in [6.07, 6.45) is 4.96. The average molecular weight is 281 g/mol. The van der Waals surface area contributed by atoms with Gasteiger partial charge in [0.05, 0.1) is 6.10 Å². The number of hydrogen-bond acceptors (Lipinski definition) is 5. The number of rotatable bonds is 6. The van der Waals surface area contributed by atoms with Crippen LogP contribution in [0.3, 0.4) is 0 Å². The predicted molar refractivity (Wildman–Crippen MR) is 77.5 cm³/mol. The van der Waals surface area contributed by atoms with Gasteiger partial charge in [0, 0.05) is 24.9 Å². The Bertz CT molecular complexity index is 398. The van der Waals surface area contributed by atoms with Crippen molar-refractivity contribution < 1.29 is 9.63 Å². The van der Waals surface area contributed by atoms with Gasteiger partial charge in [-0.2, -0.15) is 4.98 Å². The van der Waals surface area contributed by atoms with Crippen molar-refractivity contribution in [3.8, 4) is 0 Å². The van der Waals surface area contributed by atoms with Crippen LogP contribution < -0.4 is 5.32 Å². The van der Waals surface area contributed by atoms with Crippen molar-refractivity contribution in [1.82, 2.24) is 15.5 Å². The van der Waals surface area contributed by atoms with Crippen LogP contribution in [0, 0.1) is 5.92 Å². The van der Waals surface area contributed by atoms with Crippen molar-refractivity contribution in [1.29, 1.82) is 0 Å². The molecule has 0 bridgehead atoms. The molecule has 1 aromatic heterocycles. The number of aliphatic hydroxyl groups is 1. The minimum atomic E-state index is -0.254. The molecule has 0 radical (unpaired) electrons. The minimum absolute atomic E-state index is 0.254. The van der Waals surface area contributed by atoms with E-state index in [0.717, 1.165) is 43.8 Å². The first-order valence-corrected chi connectivity index (χ1v) is 7.84. The maximum absolute atomic E-state index is 9.82. The fourth-order valence-corrected chi connectivity index (χ4v) is 2.64. The third kappa shape index (κ3) is 4.03. The molecule has 1 aromatic rings. The van der Waals surface area contributed by atoms with E-state index >= 15 is 0 Å². The Morgan fingerprint density at radius 3 is 2.55 bits per heavy atom. The van der Waals surface area contributed by atoms with Gasteiger partial charge < -0.3 is 14.9 Å². The lowest BCUT2D eigenvalue weighted by atomic mass is 9.86. The van der Waals surface area contributed by atoms with Crippen LogP contribution in [0.2, 0.25) is 0 Å². The number of aromatic nitrogens is 2. The molecule has 1 atom stereocenters. The lowest BCUT2D eigenvalue weighted by Crippen LogP contribution is -2.39. The van der Waals surface area contributed by atoms with E-state index in [2.05, 4.69) is 15.5 Å². The molecule has 1 saturated carbocycles. The Balaban J connectivity index is 1.75. The Hall–Kier alpha value is -0.940. The van der Waals surface area contributed by atoms with Crippen molar-refractivity contribution in [3.63, 3.8) is 0 Å². The zero-order valence-corrected chi connectivity index (χ0v) is 12.8. The highest BCUT2D eigenvalue weighted by atomic mass is 16.5. The maximum atomic E-state index is 9.82. The van der Waals surface area contributed by atoms with Crippen molar-refractivity contribution >= 4 is 0 Å². The monoisotopic (exact) mass is 281 g/mol. The Morgan fingerprint density at radius 2 is 2.00 bits per heavy atom. The van der Waals surface area contributed by atoms with E-state index in [1.54, 1.807) is 0 Å². The predicted octanol–water partition coefficient (Wildman–Crippen LogP) is 2.26. The summed E-state index contributed by atoms with van der Waals surface area (Å²) in [4.78, 5) is 4.44. The normalized spacial score (nSPS) is 25.1. The molecule has 0 spiro atoms. The molecule has 1 unspecified atom stereocenters. The average Bonchev–Trinajstić information content (AvgIpc) is 2.94. The second-order valence-electron chi connectivity index (χ2n) is 6.17. The Kier molecular flexibility index (Phi) is 5.54. The van der Waals surface area contributed by atoms with Gasteiger partial charge >= 0.3 is 0 Å². The van der Waals surface area contributed by atoms with Gasteiger partial charge in [-0.25, -0.2) is 0 Å². The zero-order valence-electron chi connectivity index (χ0n) is 12.8. The largest absolute Gasteiger partial charge is 0.392 e. The SMILES string of the molecule is CCc1noc(C2CCC(NCC(O)C(C)C)CC2)n1. The molecule has 1 aliphatic rings. The Labute approximate surface area is 121 Å². The van der Waals surface area contributed by atoms with Gasteiger partial charge in [0.15, 0.2) is 5.82 Å². The first kappa shape index (κ1) is 15.4. The van der Waals surface area contributed by atoms with Crippen LogP contribution in [-0.2, 0) is 6.42 Å². The van der Waals surface area contributed by atoms with Gasteiger partial charge in [-0.1, -0.05) is 25.9 Å². The van der Waals surface area contributed by atoms with Gasteiger partial charge in [0.1, 0.15) is 0 Å². The molecule has 0 saturated heterocycles. The van der Waals surface area contributed by atoms with Crippen molar-refractivity contribution in [2.45, 2.75) is 70.9 Å². The van der Waals surface area contributed by atoms with Gasteiger partial charge in [0.25, 0.3) is 0 Å². The van der Waals surface area contributed by atoms with E-state index in [0.29, 0.717) is 24.4 Å². The third-order valence-electron chi connectivity index (χ3n) is 4.26. The quantitative estimate of drug-likeness (QED) is 0.837. The number of aliphatic hydroxyl groups excluding tert-OH is 1. The molecular formula is C15H27N3O2. The summed E-state index contributed by atoms with van der Waals surface area (Å²) in [7, 11) is 0. The minimum Gasteiger partial charge on any atom is -0.392 e. The molecule has 5 nitrogen and oxygen atoms in total. The van der Waals surface area contributed by atoms with Crippen molar-refractivity contribution in [2.75, 3.05) is 6.54 Å². The number of aryl methyl sites for hydroxylation is 1. The van der Waals surface area contributed by atoms with Gasteiger partial charge in [-0.15, -0.1) is 0 Å². The number of hydrogen-bond donors (Lipinski definition) is 2. The van der Waals surface area contributed by atoms with E-state index in [9.17, 15) is 5.11 Å². The van der Waals surface area contributed by atoms with Crippen molar-refractivity contribution in [2.24, 2.45) is 5.92 Å². The summed E-state index contributed by atoms with van der Waals surface area (Å²) >= 11 is 0. The summed E-state index contributed by atoms with van der Waals surface area (Å²) in [5.41, 5.74) is 0. The van der Waals surface area contributed by atoms with Gasteiger partial charge in [-0.3, -0.25) is 0 Å². The van der Waals surface area contributed by atoms with Crippen LogP contribution in [0.4, 0.5) is 0 Å². The number of nitrogens with zero attached hydrogens (tertiary/aromatic N) is 2. The van der Waals surface area contributed by atoms with Crippen LogP contribution in [0.25, 0.3) is 0 Å². The fraction of sp³-hybridized carbons (Fsp3) is 0.867. The molecule has 1 heterocycles. The smallest absolute Gasteiger partial charge is 0.229 e. The van der Waals surface area contributed by atoms with E-state index in [4.69, 9.17) is 4.52 Å². The van der Waals surface area contributed by atoms with E-state index in [-0.39, 0.29) is 6.10 Å². The summed E-state index contributed by atoms with van der Waals surface area (Å²) in [5, 5.41) is 17.3. The summed E-state index contributed by atoms with van der Waals surface area (Å²) in [6.45, 7) is 6.82. The first-order chi connectivity index (χ1) is 9.60. The first-order valence-electron chi connectivity index (χ1n) is 7.84. The summed E-state index contributed by atoms with van der Waals surface area (Å²) < 4.78 is 5.34. The molecule has 2 rings (SSSR count). The molecule has 5 heteroatoms. The van der Waals surface area contributed by atoms with Crippen molar-refractivity contribution in [3.05, 3.63) is 11.7 Å². The van der Waals surface area contributed by atoms with Crippen LogP contribution in [-0.4, -0.2) is 33.9 Å². The zero-order chi connectivity index (χ0) is 14.5. The third-order valence-corrected chi connectivity index (χ3v) is 4.26. The second-order valence-corrected chi connectivity index (χ2v) is 6.17. The lowest BCUT2D eigenvalue weighted by molar-refractivity contribution is 0.116. The molecular weight excluding hydrogens is 254 g/mol. The summed E-state index contributed by atoms with van der Waals surface area (Å²) in [6, 6.07) is 0.508. The van der Waals surface area contributed by atoms with Crippen LogP contribution in [0.15, 0.2) is 4.52 Å². The lowest BCUT2D eigenvalue weighted by Gasteiger charge is -2.28. The van der Waals surface area contributed by atoms with Crippen LogP contribution >= 0.6 is 0 Å². The molecule has 0 amide bonds. The highest BCUT2D eigenvalue weighted by Crippen LogP contribution is 2.31. The van der Waals surface area contributed by atoms with E-state index in [1.807, 2.05) is 20.8 Å². The van der Waals surface area contributed by atoms with E-state index in [1.165, 1.54) is 0 Å². The molecule has 1 aliphatic carbocycles. The summed E-state index contributed by atoms with van der Waals surface area (Å²) in [5.74, 6) is 2.34. The second kappa shape index (κ2) is 7.18. The van der Waals surface area contributed by atoms with Gasteiger partial charge in [-0.05, 0) is 31.6 Å². The van der Waals surface area contributed by atoms with Crippen LogP contribution in [0.5, 0.6) is 0 Å². The molecule has 0 aromatic carbocycles. The van der Waals surface area contributed by atoms with Crippen LogP contribution in [0.1, 0.15) is 64.1 Å².